The van der Waals surface area contributed by atoms with Crippen molar-refractivity contribution in [2.24, 2.45) is 0 Å². The first-order valence-electron chi connectivity index (χ1n) is 4.91. The highest BCUT2D eigenvalue weighted by atomic mass is 79.9. The van der Waals surface area contributed by atoms with E-state index < -0.39 is 0 Å². The quantitative estimate of drug-likeness (QED) is 0.871. The van der Waals surface area contributed by atoms with Gasteiger partial charge in [0, 0.05) is 15.2 Å². The van der Waals surface area contributed by atoms with Gasteiger partial charge in [0.2, 0.25) is 0 Å². The Labute approximate surface area is 113 Å². The Morgan fingerprint density at radius 1 is 1.18 bits per heavy atom. The van der Waals surface area contributed by atoms with E-state index in [9.17, 15) is 0 Å². The van der Waals surface area contributed by atoms with Gasteiger partial charge in [-0.15, -0.1) is 0 Å². The van der Waals surface area contributed by atoms with Gasteiger partial charge in [-0.2, -0.15) is 5.26 Å². The highest BCUT2D eigenvalue weighted by Crippen LogP contribution is 2.28. The van der Waals surface area contributed by atoms with E-state index in [1.165, 1.54) is 0 Å². The van der Waals surface area contributed by atoms with Gasteiger partial charge < -0.3 is 5.32 Å². The maximum Gasteiger partial charge on any atom is 0.0992 e. The normalized spacial score (nSPS) is 9.71. The first-order valence-corrected chi connectivity index (χ1v) is 6.08. The second-order valence-electron chi connectivity index (χ2n) is 3.44. The molecule has 0 amide bonds. The molecule has 2 rings (SSSR count). The number of hydrogen-bond acceptors (Lipinski definition) is 2. The van der Waals surface area contributed by atoms with Crippen LogP contribution in [0.1, 0.15) is 5.56 Å². The van der Waals surface area contributed by atoms with E-state index in [1.54, 1.807) is 12.1 Å². The van der Waals surface area contributed by atoms with Crippen molar-refractivity contribution in [3.63, 3.8) is 0 Å². The van der Waals surface area contributed by atoms with Crippen LogP contribution in [0, 0.1) is 11.3 Å². The van der Waals surface area contributed by atoms with Gasteiger partial charge in [0.05, 0.1) is 17.3 Å². The lowest BCUT2D eigenvalue weighted by atomic mass is 10.2. The zero-order valence-corrected chi connectivity index (χ0v) is 11.1. The SMILES string of the molecule is N#Cc1cccc(Nc2ccc(Cl)cc2Br)c1. The van der Waals surface area contributed by atoms with Gasteiger partial charge in [0.15, 0.2) is 0 Å². The molecule has 0 saturated carbocycles. The predicted molar refractivity (Wildman–Crippen MR) is 73.6 cm³/mol. The Morgan fingerprint density at radius 2 is 2.00 bits per heavy atom. The second-order valence-corrected chi connectivity index (χ2v) is 4.73. The Hall–Kier alpha value is -1.50. The molecule has 0 aliphatic heterocycles. The van der Waals surface area contributed by atoms with Crippen LogP contribution in [0.25, 0.3) is 0 Å². The molecule has 1 N–H and O–H groups in total. The molecule has 0 radical (unpaired) electrons. The average Bonchev–Trinajstić information content (AvgIpc) is 2.33. The van der Waals surface area contributed by atoms with E-state index in [0.29, 0.717) is 10.6 Å². The van der Waals surface area contributed by atoms with E-state index >= 15 is 0 Å². The number of benzene rings is 2. The van der Waals surface area contributed by atoms with Crippen LogP contribution in [0.4, 0.5) is 11.4 Å². The average molecular weight is 308 g/mol. The number of rotatable bonds is 2. The summed E-state index contributed by atoms with van der Waals surface area (Å²) in [5.74, 6) is 0. The smallest absolute Gasteiger partial charge is 0.0992 e. The summed E-state index contributed by atoms with van der Waals surface area (Å²) in [6.45, 7) is 0. The predicted octanol–water partition coefficient (Wildman–Crippen LogP) is 4.72. The zero-order chi connectivity index (χ0) is 12.3. The summed E-state index contributed by atoms with van der Waals surface area (Å²) in [6, 6.07) is 14.9. The molecule has 0 atom stereocenters. The van der Waals surface area contributed by atoms with Crippen molar-refractivity contribution in [3.05, 3.63) is 57.5 Å². The molecule has 0 aliphatic carbocycles. The lowest BCUT2D eigenvalue weighted by Crippen LogP contribution is -1.91. The molecule has 0 heterocycles. The molecule has 2 aromatic carbocycles. The van der Waals surface area contributed by atoms with E-state index in [-0.39, 0.29) is 0 Å². The molecule has 17 heavy (non-hydrogen) atoms. The van der Waals surface area contributed by atoms with Crippen LogP contribution in [0.15, 0.2) is 46.9 Å². The molecule has 0 aromatic heterocycles. The van der Waals surface area contributed by atoms with Crippen LogP contribution in [0.5, 0.6) is 0 Å². The van der Waals surface area contributed by atoms with Crippen molar-refractivity contribution in [3.8, 4) is 6.07 Å². The Balaban J connectivity index is 2.28. The van der Waals surface area contributed by atoms with Crippen LogP contribution in [0.2, 0.25) is 5.02 Å². The highest BCUT2D eigenvalue weighted by molar-refractivity contribution is 9.10. The fraction of sp³-hybridized carbons (Fsp3) is 0. The molecule has 84 valence electrons. The molecule has 0 spiro atoms. The van der Waals surface area contributed by atoms with Crippen molar-refractivity contribution in [1.82, 2.24) is 0 Å². The van der Waals surface area contributed by atoms with Crippen molar-refractivity contribution >= 4 is 38.9 Å². The Bertz CT molecular complexity index is 590. The topological polar surface area (TPSA) is 35.8 Å². The molecule has 2 nitrogen and oxygen atoms in total. The summed E-state index contributed by atoms with van der Waals surface area (Å²) < 4.78 is 0.882. The van der Waals surface area contributed by atoms with E-state index in [4.69, 9.17) is 16.9 Å². The summed E-state index contributed by atoms with van der Waals surface area (Å²) in [4.78, 5) is 0. The van der Waals surface area contributed by atoms with Crippen LogP contribution < -0.4 is 5.32 Å². The third kappa shape index (κ3) is 3.00. The fourth-order valence-electron chi connectivity index (χ4n) is 1.41. The van der Waals surface area contributed by atoms with E-state index in [0.717, 1.165) is 15.8 Å². The number of nitriles is 1. The van der Waals surface area contributed by atoms with Gasteiger partial charge in [0.1, 0.15) is 0 Å². The maximum atomic E-state index is 8.81. The number of hydrogen-bond donors (Lipinski definition) is 1. The van der Waals surface area contributed by atoms with Crippen LogP contribution in [0.3, 0.4) is 0 Å². The molecule has 2 aromatic rings. The number of nitrogens with one attached hydrogen (secondary N) is 1. The zero-order valence-electron chi connectivity index (χ0n) is 8.74. The van der Waals surface area contributed by atoms with Gasteiger partial charge in [0.25, 0.3) is 0 Å². The van der Waals surface area contributed by atoms with Gasteiger partial charge in [-0.25, -0.2) is 0 Å². The van der Waals surface area contributed by atoms with E-state index in [1.807, 2.05) is 30.3 Å². The molecule has 0 aliphatic rings. The fourth-order valence-corrected chi connectivity index (χ4v) is 2.19. The van der Waals surface area contributed by atoms with Crippen molar-refractivity contribution in [2.75, 3.05) is 5.32 Å². The summed E-state index contributed by atoms with van der Waals surface area (Å²) in [5, 5.41) is 12.7. The van der Waals surface area contributed by atoms with Crippen molar-refractivity contribution in [2.45, 2.75) is 0 Å². The second kappa shape index (κ2) is 5.22. The molecule has 0 fully saturated rings. The van der Waals surface area contributed by atoms with Gasteiger partial charge in [-0.3, -0.25) is 0 Å². The lowest BCUT2D eigenvalue weighted by molar-refractivity contribution is 1.47. The minimum Gasteiger partial charge on any atom is -0.355 e. The van der Waals surface area contributed by atoms with Gasteiger partial charge in [-0.05, 0) is 52.3 Å². The number of anilines is 2. The first-order chi connectivity index (χ1) is 8.19. The summed E-state index contributed by atoms with van der Waals surface area (Å²) in [6.07, 6.45) is 0. The standard InChI is InChI=1S/C13H8BrClN2/c14-12-7-10(15)4-5-13(12)17-11-3-1-2-9(6-11)8-16/h1-7,17H. The first kappa shape index (κ1) is 12.0. The highest BCUT2D eigenvalue weighted by Gasteiger charge is 2.01. The summed E-state index contributed by atoms with van der Waals surface area (Å²) in [7, 11) is 0. The summed E-state index contributed by atoms with van der Waals surface area (Å²) >= 11 is 9.29. The number of halogens is 2. The van der Waals surface area contributed by atoms with Gasteiger partial charge >= 0.3 is 0 Å². The van der Waals surface area contributed by atoms with Gasteiger partial charge in [-0.1, -0.05) is 17.7 Å². The molecule has 4 heteroatoms. The third-order valence-electron chi connectivity index (χ3n) is 2.20. The van der Waals surface area contributed by atoms with Crippen LogP contribution >= 0.6 is 27.5 Å². The molecular weight excluding hydrogens is 300 g/mol. The van der Waals surface area contributed by atoms with Crippen molar-refractivity contribution < 1.29 is 0 Å². The number of nitrogens with zero attached hydrogens (tertiary/aromatic N) is 1. The monoisotopic (exact) mass is 306 g/mol. The Kier molecular flexibility index (Phi) is 3.68. The molecule has 0 bridgehead atoms. The van der Waals surface area contributed by atoms with Crippen molar-refractivity contribution in [1.29, 1.82) is 5.26 Å². The Morgan fingerprint density at radius 3 is 2.71 bits per heavy atom. The minimum absolute atomic E-state index is 0.625. The lowest BCUT2D eigenvalue weighted by Gasteiger charge is -2.08. The third-order valence-corrected chi connectivity index (χ3v) is 3.09. The van der Waals surface area contributed by atoms with Crippen LogP contribution in [-0.4, -0.2) is 0 Å². The molecule has 0 saturated heterocycles. The molecule has 0 unspecified atom stereocenters. The van der Waals surface area contributed by atoms with E-state index in [2.05, 4.69) is 27.3 Å². The maximum absolute atomic E-state index is 8.81. The van der Waals surface area contributed by atoms with Crippen LogP contribution in [-0.2, 0) is 0 Å². The summed E-state index contributed by atoms with van der Waals surface area (Å²) in [5.41, 5.74) is 2.40. The molecular formula is C13H8BrClN2. The largest absolute Gasteiger partial charge is 0.355 e. The minimum atomic E-state index is 0.625.